The molecule has 0 spiro atoms. The van der Waals surface area contributed by atoms with Crippen LogP contribution in [0.5, 0.6) is 0 Å². The Morgan fingerprint density at radius 1 is 1.06 bits per heavy atom. The Balaban J connectivity index is 2.40. The zero-order valence-corrected chi connectivity index (χ0v) is 9.33. The zero-order chi connectivity index (χ0) is 13.3. The highest BCUT2D eigenvalue weighted by Gasteiger charge is 2.12. The summed E-state index contributed by atoms with van der Waals surface area (Å²) in [6, 6.07) is 6.38. The maximum Gasteiger partial charge on any atom is 0.271 e. The molecule has 7 heteroatoms. The monoisotopic (exact) mass is 245 g/mol. The minimum atomic E-state index is -0.694. The molecule has 1 heterocycles. The fraction of sp³-hybridized carbons (Fsp3) is 0. The number of aromatic nitrogens is 2. The van der Waals surface area contributed by atoms with Crippen LogP contribution in [0.4, 0.5) is 5.69 Å². The maximum atomic E-state index is 11.0. The van der Waals surface area contributed by atoms with Gasteiger partial charge in [0.1, 0.15) is 0 Å². The van der Waals surface area contributed by atoms with E-state index < -0.39 is 11.8 Å². The van der Waals surface area contributed by atoms with Crippen molar-refractivity contribution in [3.8, 4) is 5.69 Å². The van der Waals surface area contributed by atoms with Gasteiger partial charge in [-0.1, -0.05) is 0 Å². The van der Waals surface area contributed by atoms with Crippen molar-refractivity contribution in [1.29, 1.82) is 0 Å². The van der Waals surface area contributed by atoms with Crippen LogP contribution in [0.1, 0.15) is 20.8 Å². The van der Waals surface area contributed by atoms with Gasteiger partial charge < -0.3 is 17.2 Å². The van der Waals surface area contributed by atoms with Crippen LogP contribution in [0.2, 0.25) is 0 Å². The van der Waals surface area contributed by atoms with E-state index in [2.05, 4.69) is 5.10 Å². The van der Waals surface area contributed by atoms with Gasteiger partial charge in [-0.25, -0.2) is 4.68 Å². The molecule has 2 aromatic rings. The number of anilines is 1. The molecule has 0 saturated heterocycles. The quantitative estimate of drug-likeness (QED) is 0.682. The highest BCUT2D eigenvalue weighted by atomic mass is 16.1. The largest absolute Gasteiger partial charge is 0.396 e. The van der Waals surface area contributed by atoms with Crippen LogP contribution in [-0.2, 0) is 0 Å². The topological polar surface area (TPSA) is 130 Å². The first-order chi connectivity index (χ1) is 8.49. The molecule has 6 N–H and O–H groups in total. The normalized spacial score (nSPS) is 10.2. The van der Waals surface area contributed by atoms with E-state index in [0.29, 0.717) is 11.3 Å². The smallest absolute Gasteiger partial charge is 0.271 e. The van der Waals surface area contributed by atoms with Gasteiger partial charge in [0.05, 0.1) is 17.6 Å². The lowest BCUT2D eigenvalue weighted by molar-refractivity contribution is 0.0989. The van der Waals surface area contributed by atoms with Crippen LogP contribution in [-0.4, -0.2) is 21.6 Å². The Bertz CT molecular complexity index is 615. The summed E-state index contributed by atoms with van der Waals surface area (Å²) < 4.78 is 1.40. The average Bonchev–Trinajstić information content (AvgIpc) is 2.71. The first-order valence-electron chi connectivity index (χ1n) is 5.04. The van der Waals surface area contributed by atoms with E-state index in [9.17, 15) is 9.59 Å². The van der Waals surface area contributed by atoms with Gasteiger partial charge >= 0.3 is 0 Å². The molecule has 1 aromatic heterocycles. The van der Waals surface area contributed by atoms with E-state index in [1.54, 1.807) is 24.3 Å². The molecule has 0 aliphatic carbocycles. The molecular weight excluding hydrogens is 234 g/mol. The van der Waals surface area contributed by atoms with Crippen LogP contribution in [0.3, 0.4) is 0 Å². The highest BCUT2D eigenvalue weighted by Crippen LogP contribution is 2.14. The van der Waals surface area contributed by atoms with Gasteiger partial charge in [-0.3, -0.25) is 9.59 Å². The molecular formula is C11H11N5O2. The molecule has 92 valence electrons. The number of hydrogen-bond acceptors (Lipinski definition) is 4. The highest BCUT2D eigenvalue weighted by molar-refractivity contribution is 5.96. The number of nitrogens with two attached hydrogens (primary N) is 3. The van der Waals surface area contributed by atoms with Crippen molar-refractivity contribution in [2.45, 2.75) is 0 Å². The molecule has 0 radical (unpaired) electrons. The molecule has 0 saturated carbocycles. The molecule has 0 bridgehead atoms. The minimum Gasteiger partial charge on any atom is -0.396 e. The molecule has 2 amide bonds. The summed E-state index contributed by atoms with van der Waals surface area (Å²) in [6.45, 7) is 0. The molecule has 0 atom stereocenters. The summed E-state index contributed by atoms with van der Waals surface area (Å²) in [4.78, 5) is 21.9. The first kappa shape index (κ1) is 11.6. The van der Waals surface area contributed by atoms with E-state index in [1.165, 1.54) is 10.9 Å². The van der Waals surface area contributed by atoms with E-state index >= 15 is 0 Å². The van der Waals surface area contributed by atoms with Gasteiger partial charge in [0, 0.05) is 5.56 Å². The van der Waals surface area contributed by atoms with Gasteiger partial charge in [-0.05, 0) is 24.3 Å². The Kier molecular flexibility index (Phi) is 2.72. The number of benzene rings is 1. The maximum absolute atomic E-state index is 11.0. The van der Waals surface area contributed by atoms with E-state index in [0.717, 1.165) is 0 Å². The van der Waals surface area contributed by atoms with Crippen molar-refractivity contribution in [2.24, 2.45) is 11.5 Å². The lowest BCUT2D eigenvalue weighted by Gasteiger charge is -2.01. The summed E-state index contributed by atoms with van der Waals surface area (Å²) in [6.07, 6.45) is 1.47. The Labute approximate surface area is 102 Å². The van der Waals surface area contributed by atoms with Crippen molar-refractivity contribution in [3.05, 3.63) is 41.7 Å². The third-order valence-electron chi connectivity index (χ3n) is 2.39. The van der Waals surface area contributed by atoms with Crippen molar-refractivity contribution in [3.63, 3.8) is 0 Å². The van der Waals surface area contributed by atoms with Crippen molar-refractivity contribution in [2.75, 3.05) is 5.73 Å². The second-order valence-electron chi connectivity index (χ2n) is 3.65. The Morgan fingerprint density at radius 2 is 1.67 bits per heavy atom. The molecule has 7 nitrogen and oxygen atoms in total. The molecule has 0 aliphatic heterocycles. The van der Waals surface area contributed by atoms with E-state index in [-0.39, 0.29) is 11.4 Å². The third-order valence-corrected chi connectivity index (χ3v) is 2.39. The minimum absolute atomic E-state index is 0.00831. The second kappa shape index (κ2) is 4.21. The molecule has 2 rings (SSSR count). The first-order valence-corrected chi connectivity index (χ1v) is 5.04. The van der Waals surface area contributed by atoms with Crippen molar-refractivity contribution in [1.82, 2.24) is 9.78 Å². The number of nitrogens with zero attached hydrogens (tertiary/aromatic N) is 2. The molecule has 0 aliphatic rings. The fourth-order valence-electron chi connectivity index (χ4n) is 1.49. The average molecular weight is 245 g/mol. The number of carbonyl (C=O) groups excluding carboxylic acids is 2. The predicted molar refractivity (Wildman–Crippen MR) is 65.0 cm³/mol. The summed E-state index contributed by atoms with van der Waals surface area (Å²) in [5, 5.41) is 3.96. The number of rotatable bonds is 3. The van der Waals surface area contributed by atoms with Gasteiger partial charge in [0.15, 0.2) is 5.69 Å². The van der Waals surface area contributed by atoms with Crippen LogP contribution < -0.4 is 17.2 Å². The number of hydrogen-bond donors (Lipinski definition) is 3. The summed E-state index contributed by atoms with van der Waals surface area (Å²) >= 11 is 0. The molecule has 1 aromatic carbocycles. The van der Waals surface area contributed by atoms with Gasteiger partial charge in [0.25, 0.3) is 5.91 Å². The number of amides is 2. The standard InChI is InChI=1S/C11H11N5O2/c12-8-5-16(15-9(8)11(14)18)7-3-1-6(2-4-7)10(13)17/h1-5H,12H2,(H2,13,17)(H2,14,18). The Hall–Kier alpha value is -2.83. The van der Waals surface area contributed by atoms with Crippen LogP contribution >= 0.6 is 0 Å². The number of primary amides is 2. The third kappa shape index (κ3) is 2.01. The Morgan fingerprint density at radius 3 is 2.11 bits per heavy atom. The van der Waals surface area contributed by atoms with Gasteiger partial charge in [0.2, 0.25) is 5.91 Å². The summed E-state index contributed by atoms with van der Waals surface area (Å²) in [7, 11) is 0. The van der Waals surface area contributed by atoms with Crippen LogP contribution in [0.25, 0.3) is 5.69 Å². The van der Waals surface area contributed by atoms with E-state index in [4.69, 9.17) is 17.2 Å². The van der Waals surface area contributed by atoms with Gasteiger partial charge in [-0.2, -0.15) is 5.10 Å². The van der Waals surface area contributed by atoms with Crippen LogP contribution in [0, 0.1) is 0 Å². The molecule has 0 unspecified atom stereocenters. The van der Waals surface area contributed by atoms with E-state index in [1.807, 2.05) is 0 Å². The van der Waals surface area contributed by atoms with Crippen molar-refractivity contribution >= 4 is 17.5 Å². The molecule has 18 heavy (non-hydrogen) atoms. The van der Waals surface area contributed by atoms with Crippen LogP contribution in [0.15, 0.2) is 30.5 Å². The van der Waals surface area contributed by atoms with Crippen molar-refractivity contribution < 1.29 is 9.59 Å². The predicted octanol–water partition coefficient (Wildman–Crippen LogP) is -0.348. The van der Waals surface area contributed by atoms with Gasteiger partial charge in [-0.15, -0.1) is 0 Å². The number of nitrogen functional groups attached to an aromatic ring is 1. The zero-order valence-electron chi connectivity index (χ0n) is 9.33. The second-order valence-corrected chi connectivity index (χ2v) is 3.65. The molecule has 0 fully saturated rings. The lowest BCUT2D eigenvalue weighted by atomic mass is 10.2. The lowest BCUT2D eigenvalue weighted by Crippen LogP contribution is -2.14. The fourth-order valence-corrected chi connectivity index (χ4v) is 1.49. The number of carbonyl (C=O) groups is 2. The summed E-state index contributed by atoms with van der Waals surface area (Å²) in [5.74, 6) is -1.21. The SMILES string of the molecule is NC(=O)c1ccc(-n2cc(N)c(C(N)=O)n2)cc1. The summed E-state index contributed by atoms with van der Waals surface area (Å²) in [5.41, 5.74) is 17.1.